The first kappa shape index (κ1) is 21.3. The van der Waals surface area contributed by atoms with Gasteiger partial charge in [-0.1, -0.05) is 37.3 Å². The van der Waals surface area contributed by atoms with E-state index in [0.29, 0.717) is 29.7 Å². The van der Waals surface area contributed by atoms with Crippen molar-refractivity contribution in [2.45, 2.75) is 25.3 Å². The second kappa shape index (κ2) is 8.94. The van der Waals surface area contributed by atoms with E-state index in [1.54, 1.807) is 56.5 Å². The van der Waals surface area contributed by atoms with Crippen molar-refractivity contribution in [1.29, 1.82) is 0 Å². The van der Waals surface area contributed by atoms with Crippen molar-refractivity contribution in [3.8, 4) is 5.75 Å². The summed E-state index contributed by atoms with van der Waals surface area (Å²) in [6, 6.07) is 12.6. The minimum absolute atomic E-state index is 0.195. The molecule has 0 saturated carbocycles. The summed E-state index contributed by atoms with van der Waals surface area (Å²) in [6.45, 7) is 1.58. The number of ether oxygens (including phenoxy) is 1. The molecule has 0 bridgehead atoms. The second-order valence-electron chi connectivity index (χ2n) is 7.00. The van der Waals surface area contributed by atoms with Crippen molar-refractivity contribution < 1.29 is 23.5 Å². The molecule has 0 radical (unpaired) electrons. The molecule has 1 heterocycles. The van der Waals surface area contributed by atoms with Crippen molar-refractivity contribution in [2.75, 3.05) is 20.2 Å². The number of imide groups is 1. The number of amides is 4. The Morgan fingerprint density at radius 1 is 1.17 bits per heavy atom. The molecule has 7 nitrogen and oxygen atoms in total. The van der Waals surface area contributed by atoms with Crippen LogP contribution in [0, 0.1) is 5.82 Å². The van der Waals surface area contributed by atoms with Gasteiger partial charge in [0.25, 0.3) is 5.91 Å². The monoisotopic (exact) mass is 413 g/mol. The SMILES string of the molecule is CC[C@]1(c2ccc(OC)cc2)NC(=O)N(CC(=O)NCCc2ccccc2F)C1=O. The molecule has 0 spiro atoms. The Balaban J connectivity index is 1.64. The third-order valence-corrected chi connectivity index (χ3v) is 5.26. The van der Waals surface area contributed by atoms with Gasteiger partial charge in [-0.3, -0.25) is 14.5 Å². The first-order chi connectivity index (χ1) is 14.4. The molecular formula is C22H24FN3O4. The lowest BCUT2D eigenvalue weighted by Crippen LogP contribution is -2.45. The zero-order valence-electron chi connectivity index (χ0n) is 16.9. The molecule has 2 aromatic carbocycles. The lowest BCUT2D eigenvalue weighted by molar-refractivity contribution is -0.135. The normalized spacial score (nSPS) is 18.3. The highest BCUT2D eigenvalue weighted by molar-refractivity contribution is 6.09. The molecule has 0 aliphatic carbocycles. The summed E-state index contributed by atoms with van der Waals surface area (Å²) < 4.78 is 18.8. The number of halogens is 1. The molecule has 2 aromatic rings. The predicted octanol–water partition coefficient (Wildman–Crippen LogP) is 2.35. The van der Waals surface area contributed by atoms with Crippen LogP contribution in [0.15, 0.2) is 48.5 Å². The maximum absolute atomic E-state index is 13.7. The highest BCUT2D eigenvalue weighted by Crippen LogP contribution is 2.33. The smallest absolute Gasteiger partial charge is 0.325 e. The minimum Gasteiger partial charge on any atom is -0.497 e. The summed E-state index contributed by atoms with van der Waals surface area (Å²) in [7, 11) is 1.54. The van der Waals surface area contributed by atoms with Gasteiger partial charge in [-0.2, -0.15) is 0 Å². The van der Waals surface area contributed by atoms with Gasteiger partial charge in [0.05, 0.1) is 7.11 Å². The molecule has 4 amide bonds. The Morgan fingerprint density at radius 3 is 2.50 bits per heavy atom. The number of benzene rings is 2. The molecule has 1 atom stereocenters. The summed E-state index contributed by atoms with van der Waals surface area (Å²) in [4.78, 5) is 38.8. The van der Waals surface area contributed by atoms with Crippen molar-refractivity contribution >= 4 is 17.8 Å². The molecule has 0 aromatic heterocycles. The van der Waals surface area contributed by atoms with Gasteiger partial charge in [0.2, 0.25) is 5.91 Å². The fraction of sp³-hybridized carbons (Fsp3) is 0.318. The highest BCUT2D eigenvalue weighted by atomic mass is 19.1. The Morgan fingerprint density at radius 2 is 1.87 bits per heavy atom. The Labute approximate surface area is 174 Å². The number of urea groups is 1. The number of carbonyl (C=O) groups excluding carboxylic acids is 3. The first-order valence-electron chi connectivity index (χ1n) is 9.70. The molecular weight excluding hydrogens is 389 g/mol. The zero-order valence-corrected chi connectivity index (χ0v) is 16.9. The molecule has 1 saturated heterocycles. The van der Waals surface area contributed by atoms with E-state index in [-0.39, 0.29) is 12.4 Å². The fourth-order valence-corrected chi connectivity index (χ4v) is 3.52. The van der Waals surface area contributed by atoms with Crippen molar-refractivity contribution in [1.82, 2.24) is 15.5 Å². The van der Waals surface area contributed by atoms with Crippen LogP contribution in [0.4, 0.5) is 9.18 Å². The van der Waals surface area contributed by atoms with E-state index in [1.165, 1.54) is 6.07 Å². The van der Waals surface area contributed by atoms with Gasteiger partial charge in [-0.15, -0.1) is 0 Å². The molecule has 3 rings (SSSR count). The van der Waals surface area contributed by atoms with Gasteiger partial charge in [-0.05, 0) is 42.2 Å². The van der Waals surface area contributed by atoms with Crippen LogP contribution in [0.5, 0.6) is 5.75 Å². The summed E-state index contributed by atoms with van der Waals surface area (Å²) in [5.41, 5.74) is -0.125. The van der Waals surface area contributed by atoms with Gasteiger partial charge in [-0.25, -0.2) is 9.18 Å². The molecule has 1 fully saturated rings. The Hall–Kier alpha value is -3.42. The Kier molecular flexibility index (Phi) is 6.34. The van der Waals surface area contributed by atoms with E-state index in [2.05, 4.69) is 10.6 Å². The van der Waals surface area contributed by atoms with Crippen molar-refractivity contribution in [2.24, 2.45) is 0 Å². The van der Waals surface area contributed by atoms with E-state index >= 15 is 0 Å². The van der Waals surface area contributed by atoms with E-state index < -0.39 is 29.9 Å². The second-order valence-corrected chi connectivity index (χ2v) is 7.00. The number of hydrogen-bond acceptors (Lipinski definition) is 4. The van der Waals surface area contributed by atoms with Crippen LogP contribution in [-0.4, -0.2) is 42.9 Å². The maximum Gasteiger partial charge on any atom is 0.325 e. The van der Waals surface area contributed by atoms with E-state index in [0.717, 1.165) is 4.90 Å². The summed E-state index contributed by atoms with van der Waals surface area (Å²) in [5.74, 6) is -0.679. The summed E-state index contributed by atoms with van der Waals surface area (Å²) in [5, 5.41) is 5.36. The molecule has 1 aliphatic heterocycles. The largest absolute Gasteiger partial charge is 0.497 e. The molecule has 0 unspecified atom stereocenters. The van der Waals surface area contributed by atoms with Crippen LogP contribution in [0.25, 0.3) is 0 Å². The molecule has 2 N–H and O–H groups in total. The summed E-state index contributed by atoms with van der Waals surface area (Å²) >= 11 is 0. The number of nitrogens with one attached hydrogen (secondary N) is 2. The molecule has 30 heavy (non-hydrogen) atoms. The van der Waals surface area contributed by atoms with Crippen molar-refractivity contribution in [3.05, 3.63) is 65.5 Å². The number of carbonyl (C=O) groups is 3. The average molecular weight is 413 g/mol. The van der Waals surface area contributed by atoms with E-state index in [4.69, 9.17) is 4.74 Å². The number of hydrogen-bond donors (Lipinski definition) is 2. The highest BCUT2D eigenvalue weighted by Gasteiger charge is 2.51. The van der Waals surface area contributed by atoms with Crippen LogP contribution in [0.3, 0.4) is 0 Å². The molecule has 158 valence electrons. The van der Waals surface area contributed by atoms with Gasteiger partial charge < -0.3 is 15.4 Å². The van der Waals surface area contributed by atoms with Crippen LogP contribution in [-0.2, 0) is 21.5 Å². The lowest BCUT2D eigenvalue weighted by atomic mass is 9.87. The van der Waals surface area contributed by atoms with Crippen LogP contribution in [0.2, 0.25) is 0 Å². The van der Waals surface area contributed by atoms with Crippen LogP contribution in [0.1, 0.15) is 24.5 Å². The van der Waals surface area contributed by atoms with Gasteiger partial charge >= 0.3 is 6.03 Å². The zero-order chi connectivity index (χ0) is 21.7. The molecule has 1 aliphatic rings. The van der Waals surface area contributed by atoms with Crippen LogP contribution < -0.4 is 15.4 Å². The lowest BCUT2D eigenvalue weighted by Gasteiger charge is -2.26. The first-order valence-corrected chi connectivity index (χ1v) is 9.70. The topological polar surface area (TPSA) is 87.7 Å². The average Bonchev–Trinajstić information content (AvgIpc) is 3.00. The van der Waals surface area contributed by atoms with Gasteiger partial charge in [0, 0.05) is 6.54 Å². The fourth-order valence-electron chi connectivity index (χ4n) is 3.52. The van der Waals surface area contributed by atoms with E-state index in [9.17, 15) is 18.8 Å². The minimum atomic E-state index is -1.23. The van der Waals surface area contributed by atoms with Crippen LogP contribution >= 0.6 is 0 Å². The van der Waals surface area contributed by atoms with E-state index in [1.807, 2.05) is 0 Å². The number of nitrogens with zero attached hydrogens (tertiary/aromatic N) is 1. The number of methoxy groups -OCH3 is 1. The van der Waals surface area contributed by atoms with Crippen molar-refractivity contribution in [3.63, 3.8) is 0 Å². The number of rotatable bonds is 8. The van der Waals surface area contributed by atoms with Gasteiger partial charge in [0.1, 0.15) is 23.7 Å². The third-order valence-electron chi connectivity index (χ3n) is 5.26. The van der Waals surface area contributed by atoms with Gasteiger partial charge in [0.15, 0.2) is 0 Å². The summed E-state index contributed by atoms with van der Waals surface area (Å²) in [6.07, 6.45) is 0.638. The Bertz CT molecular complexity index is 948. The predicted molar refractivity (Wildman–Crippen MR) is 108 cm³/mol. The molecule has 8 heteroatoms. The maximum atomic E-state index is 13.7. The quantitative estimate of drug-likeness (QED) is 0.651. The third kappa shape index (κ3) is 4.12. The standard InChI is InChI=1S/C22H24FN3O4/c1-3-22(16-8-10-17(30-2)11-9-16)20(28)26(21(29)25-22)14-19(27)24-13-12-15-6-4-5-7-18(15)23/h4-11H,3,12-14H2,1-2H3,(H,24,27)(H,25,29)/t22-/m1/s1.